The number of ether oxygens (including phenoxy) is 1. The van der Waals surface area contributed by atoms with Crippen LogP contribution in [0.4, 0.5) is 0 Å². The Morgan fingerprint density at radius 1 is 0.767 bits per heavy atom. The molecule has 1 aromatic heterocycles. The predicted molar refractivity (Wildman–Crippen MR) is 130 cm³/mol. The average Bonchev–Trinajstić information content (AvgIpc) is 2.77. The molecule has 2 nitrogen and oxygen atoms in total. The molecule has 2 aromatic rings. The van der Waals surface area contributed by atoms with Gasteiger partial charge in [0.05, 0.1) is 18.5 Å². The summed E-state index contributed by atoms with van der Waals surface area (Å²) in [5.74, 6) is 1.63. The quantitative estimate of drug-likeness (QED) is 0.259. The van der Waals surface area contributed by atoms with Gasteiger partial charge >= 0.3 is 0 Å². The van der Waals surface area contributed by atoms with Crippen LogP contribution in [0.2, 0.25) is 0 Å². The molecule has 0 bridgehead atoms. The van der Waals surface area contributed by atoms with Crippen LogP contribution in [0.1, 0.15) is 97.0 Å². The molecule has 0 fully saturated rings. The van der Waals surface area contributed by atoms with Crippen LogP contribution >= 0.6 is 0 Å². The Balaban J connectivity index is 1.73. The van der Waals surface area contributed by atoms with Crippen LogP contribution in [0.15, 0.2) is 42.6 Å². The summed E-state index contributed by atoms with van der Waals surface area (Å²) in [4.78, 5) is 4.61. The molecule has 0 spiro atoms. The zero-order valence-electron chi connectivity index (χ0n) is 19.7. The molecule has 0 saturated heterocycles. The molecule has 1 atom stereocenters. The van der Waals surface area contributed by atoms with E-state index in [-0.39, 0.29) is 0 Å². The first-order valence-corrected chi connectivity index (χ1v) is 12.4. The Kier molecular flexibility index (Phi) is 12.3. The fourth-order valence-electron chi connectivity index (χ4n) is 3.94. The van der Waals surface area contributed by atoms with Crippen molar-refractivity contribution in [3.8, 4) is 17.0 Å². The van der Waals surface area contributed by atoms with Crippen molar-refractivity contribution in [3.05, 3.63) is 48.2 Å². The normalized spacial score (nSPS) is 12.1. The highest BCUT2D eigenvalue weighted by atomic mass is 16.5. The Labute approximate surface area is 185 Å². The number of hydrogen-bond acceptors (Lipinski definition) is 2. The number of rotatable bonds is 16. The van der Waals surface area contributed by atoms with Crippen molar-refractivity contribution in [1.29, 1.82) is 0 Å². The second kappa shape index (κ2) is 15.0. The van der Waals surface area contributed by atoms with E-state index in [1.54, 1.807) is 0 Å². The van der Waals surface area contributed by atoms with Crippen LogP contribution in [0.3, 0.4) is 0 Å². The van der Waals surface area contributed by atoms with Crippen molar-refractivity contribution >= 4 is 0 Å². The molecule has 0 aliphatic carbocycles. The van der Waals surface area contributed by atoms with E-state index in [9.17, 15) is 0 Å². The maximum atomic E-state index is 5.85. The van der Waals surface area contributed by atoms with Crippen LogP contribution < -0.4 is 4.74 Å². The first-order chi connectivity index (χ1) is 14.7. The molecule has 2 heteroatoms. The number of benzene rings is 1. The highest BCUT2D eigenvalue weighted by Gasteiger charge is 2.05. The number of pyridine rings is 1. The van der Waals surface area contributed by atoms with Crippen molar-refractivity contribution < 1.29 is 4.74 Å². The number of nitrogens with zero attached hydrogens (tertiary/aromatic N) is 1. The van der Waals surface area contributed by atoms with Gasteiger partial charge in [0.2, 0.25) is 0 Å². The van der Waals surface area contributed by atoms with Gasteiger partial charge < -0.3 is 4.74 Å². The highest BCUT2D eigenvalue weighted by molar-refractivity contribution is 5.59. The lowest BCUT2D eigenvalue weighted by Crippen LogP contribution is -2.00. The van der Waals surface area contributed by atoms with Crippen LogP contribution in [-0.2, 0) is 6.42 Å². The molecule has 0 radical (unpaired) electrons. The molecular weight excluding hydrogens is 366 g/mol. The second-order valence-corrected chi connectivity index (χ2v) is 8.85. The van der Waals surface area contributed by atoms with E-state index in [4.69, 9.17) is 4.74 Å². The van der Waals surface area contributed by atoms with Gasteiger partial charge in [-0.25, -0.2) is 0 Å². The molecule has 0 aliphatic rings. The first kappa shape index (κ1) is 24.4. The Morgan fingerprint density at radius 3 is 2.10 bits per heavy atom. The lowest BCUT2D eigenvalue weighted by molar-refractivity contribution is 0.303. The summed E-state index contributed by atoms with van der Waals surface area (Å²) in [7, 11) is 0. The number of hydrogen-bond donors (Lipinski definition) is 0. The van der Waals surface area contributed by atoms with Crippen molar-refractivity contribution in [2.45, 2.75) is 97.8 Å². The monoisotopic (exact) mass is 409 g/mol. The Morgan fingerprint density at radius 2 is 1.43 bits per heavy atom. The average molecular weight is 410 g/mol. The zero-order valence-corrected chi connectivity index (χ0v) is 19.7. The maximum Gasteiger partial charge on any atom is 0.137 e. The summed E-state index contributed by atoms with van der Waals surface area (Å²) in [5.41, 5.74) is 3.62. The SMILES string of the molecule is CCCCCCCCOc1ccc(-c2ccc(CC(C)CCCCCC)cc2)nc1. The van der Waals surface area contributed by atoms with Gasteiger partial charge in [0.25, 0.3) is 0 Å². The molecular formula is C28H43NO. The summed E-state index contributed by atoms with van der Waals surface area (Å²) in [6, 6.07) is 13.1. The van der Waals surface area contributed by atoms with Gasteiger partial charge in [-0.15, -0.1) is 0 Å². The van der Waals surface area contributed by atoms with Crippen LogP contribution in [0.25, 0.3) is 11.3 Å². The lowest BCUT2D eigenvalue weighted by Gasteiger charge is -2.12. The molecule has 0 amide bonds. The summed E-state index contributed by atoms with van der Waals surface area (Å²) in [6.07, 6.45) is 17.5. The van der Waals surface area contributed by atoms with E-state index < -0.39 is 0 Å². The van der Waals surface area contributed by atoms with Crippen molar-refractivity contribution in [3.63, 3.8) is 0 Å². The van der Waals surface area contributed by atoms with Crippen molar-refractivity contribution in [2.75, 3.05) is 6.61 Å². The van der Waals surface area contributed by atoms with E-state index >= 15 is 0 Å². The van der Waals surface area contributed by atoms with Gasteiger partial charge in [-0.3, -0.25) is 4.98 Å². The highest BCUT2D eigenvalue weighted by Crippen LogP contribution is 2.22. The minimum Gasteiger partial charge on any atom is -0.492 e. The van der Waals surface area contributed by atoms with Gasteiger partial charge in [0.15, 0.2) is 0 Å². The van der Waals surface area contributed by atoms with E-state index in [0.717, 1.165) is 30.4 Å². The molecule has 0 aliphatic heterocycles. The van der Waals surface area contributed by atoms with E-state index in [0.29, 0.717) is 0 Å². The van der Waals surface area contributed by atoms with E-state index in [1.165, 1.54) is 81.8 Å². The van der Waals surface area contributed by atoms with Crippen molar-refractivity contribution in [2.24, 2.45) is 5.92 Å². The first-order valence-electron chi connectivity index (χ1n) is 12.4. The fraction of sp³-hybridized carbons (Fsp3) is 0.607. The molecule has 0 N–H and O–H groups in total. The van der Waals surface area contributed by atoms with Crippen LogP contribution in [0.5, 0.6) is 5.75 Å². The predicted octanol–water partition coefficient (Wildman–Crippen LogP) is 8.64. The summed E-state index contributed by atoms with van der Waals surface area (Å²) in [6.45, 7) is 7.70. The van der Waals surface area contributed by atoms with Gasteiger partial charge in [0, 0.05) is 5.56 Å². The third-order valence-corrected chi connectivity index (χ3v) is 5.89. The Hall–Kier alpha value is -1.83. The zero-order chi connectivity index (χ0) is 21.4. The smallest absolute Gasteiger partial charge is 0.137 e. The molecule has 1 heterocycles. The summed E-state index contributed by atoms with van der Waals surface area (Å²) in [5, 5.41) is 0. The standard InChI is InChI=1S/C28H43NO/c1-4-6-8-10-11-13-21-30-27-19-20-28(29-23-27)26-17-15-25(16-18-26)22-24(3)14-12-9-7-5-2/h15-20,23-24H,4-14,21-22H2,1-3H3. The third kappa shape index (κ3) is 9.78. The van der Waals surface area contributed by atoms with Gasteiger partial charge in [-0.2, -0.15) is 0 Å². The summed E-state index contributed by atoms with van der Waals surface area (Å²) >= 11 is 0. The molecule has 166 valence electrons. The maximum absolute atomic E-state index is 5.85. The lowest BCUT2D eigenvalue weighted by atomic mass is 9.94. The number of aromatic nitrogens is 1. The molecule has 1 aromatic carbocycles. The fourth-order valence-corrected chi connectivity index (χ4v) is 3.94. The van der Waals surface area contributed by atoms with E-state index in [1.807, 2.05) is 12.3 Å². The van der Waals surface area contributed by atoms with E-state index in [2.05, 4.69) is 56.1 Å². The topological polar surface area (TPSA) is 22.1 Å². The van der Waals surface area contributed by atoms with Gasteiger partial charge in [-0.1, -0.05) is 109 Å². The third-order valence-electron chi connectivity index (χ3n) is 5.89. The summed E-state index contributed by atoms with van der Waals surface area (Å²) < 4.78 is 5.85. The molecule has 2 rings (SSSR count). The van der Waals surface area contributed by atoms with Gasteiger partial charge in [0.1, 0.15) is 5.75 Å². The van der Waals surface area contributed by atoms with Crippen LogP contribution in [0, 0.1) is 5.92 Å². The second-order valence-electron chi connectivity index (χ2n) is 8.85. The molecule has 0 saturated carbocycles. The Bertz CT molecular complexity index is 662. The van der Waals surface area contributed by atoms with Crippen LogP contribution in [-0.4, -0.2) is 11.6 Å². The minimum absolute atomic E-state index is 0.758. The van der Waals surface area contributed by atoms with Gasteiger partial charge in [-0.05, 0) is 36.5 Å². The molecule has 1 unspecified atom stereocenters. The number of unbranched alkanes of at least 4 members (excludes halogenated alkanes) is 8. The minimum atomic E-state index is 0.758. The molecule has 30 heavy (non-hydrogen) atoms. The largest absolute Gasteiger partial charge is 0.492 e. The van der Waals surface area contributed by atoms with Crippen molar-refractivity contribution in [1.82, 2.24) is 4.98 Å².